The summed E-state index contributed by atoms with van der Waals surface area (Å²) in [7, 11) is 5.74. The Labute approximate surface area is 172 Å². The number of carbonyl (C=O) groups is 1. The van der Waals surface area contributed by atoms with E-state index in [0.717, 1.165) is 31.3 Å². The van der Waals surface area contributed by atoms with Crippen LogP contribution in [0.1, 0.15) is 12.5 Å². The number of guanidine groups is 1. The van der Waals surface area contributed by atoms with Gasteiger partial charge in [0.1, 0.15) is 6.54 Å². The zero-order valence-electron chi connectivity index (χ0n) is 17.7. The molecule has 0 radical (unpaired) electrons. The van der Waals surface area contributed by atoms with E-state index < -0.39 is 0 Å². The molecule has 1 amide bonds. The minimum Gasteiger partial charge on any atom is -0.355 e. The number of hydrogen-bond acceptors (Lipinski definition) is 4. The first-order valence-corrected chi connectivity index (χ1v) is 9.96. The molecule has 1 aliphatic rings. The molecule has 156 valence electrons. The van der Waals surface area contributed by atoms with Crippen molar-refractivity contribution in [1.29, 1.82) is 0 Å². The molecular formula is C21H31N7O. The molecule has 1 N–H and O–H groups in total. The van der Waals surface area contributed by atoms with Crippen LogP contribution in [-0.4, -0.2) is 77.8 Å². The molecule has 0 aliphatic carbocycles. The van der Waals surface area contributed by atoms with Crippen LogP contribution in [0.4, 0.5) is 5.69 Å². The highest BCUT2D eigenvalue weighted by Crippen LogP contribution is 2.16. The van der Waals surface area contributed by atoms with Crippen molar-refractivity contribution < 1.29 is 4.79 Å². The minimum absolute atomic E-state index is 0.0569. The number of hydrogen-bond donors (Lipinski definition) is 1. The number of anilines is 1. The Balaban J connectivity index is 1.51. The van der Waals surface area contributed by atoms with Crippen molar-refractivity contribution in [2.75, 3.05) is 45.2 Å². The van der Waals surface area contributed by atoms with Crippen LogP contribution in [0.5, 0.6) is 0 Å². The van der Waals surface area contributed by atoms with Gasteiger partial charge in [0.05, 0.1) is 11.9 Å². The van der Waals surface area contributed by atoms with Gasteiger partial charge in [0, 0.05) is 52.5 Å². The number of rotatable bonds is 6. The van der Waals surface area contributed by atoms with E-state index in [1.807, 2.05) is 24.2 Å². The first kappa shape index (κ1) is 20.9. The van der Waals surface area contributed by atoms with Crippen LogP contribution < -0.4 is 10.2 Å². The molecule has 1 fully saturated rings. The summed E-state index contributed by atoms with van der Waals surface area (Å²) in [5.74, 6) is 0.825. The SMILES string of the molecule is CN=C(NCC(C)N(C)Cc1ccccc1)N1CCN(c2cnn(C)c2)C(=O)C1. The summed E-state index contributed by atoms with van der Waals surface area (Å²) in [6.45, 7) is 5.50. The van der Waals surface area contributed by atoms with Crippen molar-refractivity contribution in [3.05, 3.63) is 48.3 Å². The standard InChI is InChI=1S/C21H31N7O/c1-17(25(3)14-18-8-6-5-7-9-18)12-23-21(22-2)27-10-11-28(20(29)16-27)19-13-24-26(4)15-19/h5-9,13,15,17H,10-12,14,16H2,1-4H3,(H,22,23). The van der Waals surface area contributed by atoms with Crippen molar-refractivity contribution in [2.45, 2.75) is 19.5 Å². The Morgan fingerprint density at radius 2 is 2.07 bits per heavy atom. The Morgan fingerprint density at radius 1 is 1.31 bits per heavy atom. The second-order valence-electron chi connectivity index (χ2n) is 7.52. The summed E-state index contributed by atoms with van der Waals surface area (Å²) in [6.07, 6.45) is 3.59. The molecule has 1 aromatic heterocycles. The lowest BCUT2D eigenvalue weighted by atomic mass is 10.2. The molecule has 1 unspecified atom stereocenters. The molecule has 8 heteroatoms. The largest absolute Gasteiger partial charge is 0.355 e. The molecule has 8 nitrogen and oxygen atoms in total. The van der Waals surface area contributed by atoms with Gasteiger partial charge < -0.3 is 15.1 Å². The van der Waals surface area contributed by atoms with Crippen molar-refractivity contribution in [1.82, 2.24) is 24.9 Å². The van der Waals surface area contributed by atoms with Crippen LogP contribution in [0.2, 0.25) is 0 Å². The summed E-state index contributed by atoms with van der Waals surface area (Å²) in [4.78, 5) is 23.1. The van der Waals surface area contributed by atoms with E-state index in [-0.39, 0.29) is 5.91 Å². The topological polar surface area (TPSA) is 69.0 Å². The fraction of sp³-hybridized carbons (Fsp3) is 0.476. The monoisotopic (exact) mass is 397 g/mol. The first-order chi connectivity index (χ1) is 14.0. The third-order valence-corrected chi connectivity index (χ3v) is 5.32. The van der Waals surface area contributed by atoms with Crippen LogP contribution in [0.15, 0.2) is 47.7 Å². The summed E-state index contributed by atoms with van der Waals surface area (Å²) in [6, 6.07) is 10.8. The number of aryl methyl sites for hydroxylation is 1. The smallest absolute Gasteiger partial charge is 0.246 e. The highest BCUT2D eigenvalue weighted by atomic mass is 16.2. The molecule has 1 saturated heterocycles. The Bertz CT molecular complexity index is 833. The molecular weight excluding hydrogens is 366 g/mol. The lowest BCUT2D eigenvalue weighted by Gasteiger charge is -2.36. The zero-order valence-corrected chi connectivity index (χ0v) is 17.7. The maximum Gasteiger partial charge on any atom is 0.246 e. The van der Waals surface area contributed by atoms with Crippen LogP contribution >= 0.6 is 0 Å². The van der Waals surface area contributed by atoms with Gasteiger partial charge in [0.15, 0.2) is 5.96 Å². The van der Waals surface area contributed by atoms with Crippen molar-refractivity contribution in [3.8, 4) is 0 Å². The molecule has 1 aliphatic heterocycles. The Kier molecular flexibility index (Phi) is 6.87. The fourth-order valence-corrected chi connectivity index (χ4v) is 3.43. The van der Waals surface area contributed by atoms with Gasteiger partial charge in [-0.25, -0.2) is 0 Å². The number of aliphatic imine (C=N–C) groups is 1. The molecule has 2 aromatic rings. The highest BCUT2D eigenvalue weighted by Gasteiger charge is 2.27. The number of aromatic nitrogens is 2. The molecule has 0 saturated carbocycles. The zero-order chi connectivity index (χ0) is 20.8. The molecule has 2 heterocycles. The maximum atomic E-state index is 12.6. The number of likely N-dealkylation sites (N-methyl/N-ethyl adjacent to an activating group) is 1. The molecule has 29 heavy (non-hydrogen) atoms. The average molecular weight is 398 g/mol. The third-order valence-electron chi connectivity index (χ3n) is 5.32. The number of piperazine rings is 1. The summed E-state index contributed by atoms with van der Waals surface area (Å²) in [5.41, 5.74) is 2.14. The second-order valence-corrected chi connectivity index (χ2v) is 7.52. The predicted molar refractivity (Wildman–Crippen MR) is 116 cm³/mol. The normalized spacial score (nSPS) is 16.4. The second kappa shape index (κ2) is 9.56. The summed E-state index contributed by atoms with van der Waals surface area (Å²) in [5, 5.41) is 7.59. The van der Waals surface area contributed by atoms with E-state index in [2.05, 4.69) is 58.5 Å². The molecule has 1 atom stereocenters. The van der Waals surface area contributed by atoms with Gasteiger partial charge in [-0.05, 0) is 19.5 Å². The van der Waals surface area contributed by atoms with Gasteiger partial charge in [-0.15, -0.1) is 0 Å². The van der Waals surface area contributed by atoms with E-state index in [1.165, 1.54) is 5.56 Å². The van der Waals surface area contributed by atoms with Gasteiger partial charge in [-0.1, -0.05) is 30.3 Å². The van der Waals surface area contributed by atoms with E-state index >= 15 is 0 Å². The summed E-state index contributed by atoms with van der Waals surface area (Å²) < 4.78 is 1.71. The average Bonchev–Trinajstić information content (AvgIpc) is 3.15. The maximum absolute atomic E-state index is 12.6. The van der Waals surface area contributed by atoms with Crippen LogP contribution in [0.3, 0.4) is 0 Å². The van der Waals surface area contributed by atoms with Crippen LogP contribution in [-0.2, 0) is 18.4 Å². The highest BCUT2D eigenvalue weighted by molar-refractivity contribution is 5.98. The van der Waals surface area contributed by atoms with Crippen molar-refractivity contribution >= 4 is 17.6 Å². The van der Waals surface area contributed by atoms with Gasteiger partial charge in [0.2, 0.25) is 5.91 Å². The Hall–Kier alpha value is -2.87. The minimum atomic E-state index is 0.0569. The lowest BCUT2D eigenvalue weighted by molar-refractivity contribution is -0.120. The third kappa shape index (κ3) is 5.35. The van der Waals surface area contributed by atoms with E-state index in [4.69, 9.17) is 0 Å². The Morgan fingerprint density at radius 3 is 2.69 bits per heavy atom. The number of nitrogens with one attached hydrogen (secondary N) is 1. The quantitative estimate of drug-likeness (QED) is 0.585. The van der Waals surface area contributed by atoms with Gasteiger partial charge >= 0.3 is 0 Å². The molecule has 3 rings (SSSR count). The number of nitrogens with zero attached hydrogens (tertiary/aromatic N) is 6. The van der Waals surface area contributed by atoms with E-state index in [0.29, 0.717) is 19.1 Å². The van der Waals surface area contributed by atoms with E-state index in [1.54, 1.807) is 22.8 Å². The molecule has 0 bridgehead atoms. The van der Waals surface area contributed by atoms with Gasteiger partial charge in [-0.2, -0.15) is 5.10 Å². The summed E-state index contributed by atoms with van der Waals surface area (Å²) >= 11 is 0. The number of carbonyl (C=O) groups excluding carboxylic acids is 1. The molecule has 1 aromatic carbocycles. The first-order valence-electron chi connectivity index (χ1n) is 9.96. The number of benzene rings is 1. The molecule has 0 spiro atoms. The number of amides is 1. The van der Waals surface area contributed by atoms with E-state index in [9.17, 15) is 4.79 Å². The fourth-order valence-electron chi connectivity index (χ4n) is 3.43. The van der Waals surface area contributed by atoms with Crippen molar-refractivity contribution in [3.63, 3.8) is 0 Å². The van der Waals surface area contributed by atoms with Gasteiger partial charge in [-0.3, -0.25) is 19.4 Å². The van der Waals surface area contributed by atoms with Crippen LogP contribution in [0, 0.1) is 0 Å². The van der Waals surface area contributed by atoms with Gasteiger partial charge in [0.25, 0.3) is 0 Å². The van der Waals surface area contributed by atoms with Crippen molar-refractivity contribution in [2.24, 2.45) is 12.0 Å². The van der Waals surface area contributed by atoms with Crippen LogP contribution in [0.25, 0.3) is 0 Å². The lowest BCUT2D eigenvalue weighted by Crippen LogP contribution is -2.56. The predicted octanol–water partition coefficient (Wildman–Crippen LogP) is 1.16.